The number of hydrogen-bond donors (Lipinski definition) is 1. The van der Waals surface area contributed by atoms with Crippen molar-refractivity contribution in [2.24, 2.45) is 0 Å². The van der Waals surface area contributed by atoms with Gasteiger partial charge in [0.15, 0.2) is 11.5 Å². The van der Waals surface area contributed by atoms with E-state index in [-0.39, 0.29) is 24.3 Å². The average molecular weight is 364 g/mol. The zero-order chi connectivity index (χ0) is 18.8. The fourth-order valence-corrected chi connectivity index (χ4v) is 3.26. The largest absolute Gasteiger partial charge is 0.486 e. The Kier molecular flexibility index (Phi) is 4.54. The molecule has 0 aliphatic carbocycles. The molecule has 2 amide bonds. The zero-order valence-electron chi connectivity index (χ0n) is 14.8. The van der Waals surface area contributed by atoms with Crippen molar-refractivity contribution in [1.29, 1.82) is 0 Å². The molecule has 27 heavy (non-hydrogen) atoms. The van der Waals surface area contributed by atoms with Gasteiger partial charge in [-0.3, -0.25) is 9.59 Å². The molecule has 0 radical (unpaired) electrons. The summed E-state index contributed by atoms with van der Waals surface area (Å²) in [5.74, 6) is 1.14. The number of rotatable bonds is 5. The van der Waals surface area contributed by atoms with Crippen LogP contribution in [0.2, 0.25) is 0 Å². The van der Waals surface area contributed by atoms with Crippen molar-refractivity contribution in [1.82, 2.24) is 10.2 Å². The highest BCUT2D eigenvalue weighted by Gasteiger charge is 2.30. The first-order chi connectivity index (χ1) is 13.1. The molecule has 0 bridgehead atoms. The molecule has 1 N–H and O–H groups in total. The smallest absolute Gasteiger partial charge is 0.258 e. The van der Waals surface area contributed by atoms with Crippen LogP contribution in [0, 0.1) is 0 Å². The Morgan fingerprint density at radius 3 is 2.59 bits per heavy atom. The van der Waals surface area contributed by atoms with Gasteiger partial charge in [-0.2, -0.15) is 0 Å². The van der Waals surface area contributed by atoms with Crippen molar-refractivity contribution in [2.75, 3.05) is 19.7 Å². The quantitative estimate of drug-likeness (QED) is 0.885. The number of benzene rings is 2. The van der Waals surface area contributed by atoms with Crippen LogP contribution in [0.25, 0.3) is 5.70 Å². The molecular formula is C21H20N2O4. The van der Waals surface area contributed by atoms with E-state index in [2.05, 4.69) is 11.9 Å². The van der Waals surface area contributed by atoms with Gasteiger partial charge in [-0.05, 0) is 18.2 Å². The van der Waals surface area contributed by atoms with E-state index in [0.29, 0.717) is 42.5 Å². The van der Waals surface area contributed by atoms with Gasteiger partial charge in [0.1, 0.15) is 12.7 Å². The molecule has 2 heterocycles. The maximum atomic E-state index is 12.4. The lowest BCUT2D eigenvalue weighted by molar-refractivity contribution is -0.121. The monoisotopic (exact) mass is 364 g/mol. The van der Waals surface area contributed by atoms with Crippen molar-refractivity contribution in [2.45, 2.75) is 12.5 Å². The Morgan fingerprint density at radius 2 is 1.81 bits per heavy atom. The van der Waals surface area contributed by atoms with E-state index < -0.39 is 0 Å². The van der Waals surface area contributed by atoms with E-state index in [1.54, 1.807) is 11.0 Å². The number of para-hydroxylation sites is 2. The van der Waals surface area contributed by atoms with Crippen molar-refractivity contribution >= 4 is 17.5 Å². The van der Waals surface area contributed by atoms with Crippen LogP contribution in [-0.2, 0) is 4.79 Å². The van der Waals surface area contributed by atoms with Crippen LogP contribution in [-0.4, -0.2) is 42.5 Å². The SMILES string of the molecule is C=C1c2ccccc2C(=O)N1CCC(=O)NCC1COc2ccccc2O1. The van der Waals surface area contributed by atoms with Gasteiger partial charge in [0.2, 0.25) is 5.91 Å². The molecular weight excluding hydrogens is 344 g/mol. The highest BCUT2D eigenvalue weighted by Crippen LogP contribution is 2.31. The molecule has 6 nitrogen and oxygen atoms in total. The van der Waals surface area contributed by atoms with Crippen molar-refractivity contribution in [3.8, 4) is 11.5 Å². The molecule has 2 aromatic rings. The first-order valence-electron chi connectivity index (χ1n) is 8.89. The van der Waals surface area contributed by atoms with Crippen molar-refractivity contribution in [3.63, 3.8) is 0 Å². The number of ether oxygens (including phenoxy) is 2. The zero-order valence-corrected chi connectivity index (χ0v) is 14.8. The minimum absolute atomic E-state index is 0.107. The molecule has 0 fully saturated rings. The second kappa shape index (κ2) is 7.15. The van der Waals surface area contributed by atoms with E-state index in [4.69, 9.17) is 9.47 Å². The molecule has 1 atom stereocenters. The third-order valence-corrected chi connectivity index (χ3v) is 4.70. The van der Waals surface area contributed by atoms with E-state index in [0.717, 1.165) is 5.56 Å². The van der Waals surface area contributed by atoms with Crippen LogP contribution < -0.4 is 14.8 Å². The molecule has 4 rings (SSSR count). The summed E-state index contributed by atoms with van der Waals surface area (Å²) in [6.45, 7) is 5.01. The van der Waals surface area contributed by atoms with Gasteiger partial charge >= 0.3 is 0 Å². The van der Waals surface area contributed by atoms with Gasteiger partial charge in [-0.25, -0.2) is 0 Å². The summed E-state index contributed by atoms with van der Waals surface area (Å²) in [4.78, 5) is 26.2. The number of carbonyl (C=O) groups excluding carboxylic acids is 2. The van der Waals surface area contributed by atoms with Crippen LogP contribution in [0.4, 0.5) is 0 Å². The Morgan fingerprint density at radius 1 is 1.11 bits per heavy atom. The molecule has 1 unspecified atom stereocenters. The molecule has 0 aromatic heterocycles. The Bertz CT molecular complexity index is 874. The van der Waals surface area contributed by atoms with E-state index in [1.165, 1.54) is 0 Å². The van der Waals surface area contributed by atoms with Gasteiger partial charge in [-0.15, -0.1) is 0 Å². The molecule has 2 aliphatic rings. The molecule has 138 valence electrons. The molecule has 0 saturated carbocycles. The third kappa shape index (κ3) is 3.38. The Balaban J connectivity index is 1.26. The van der Waals surface area contributed by atoms with Crippen LogP contribution in [0.3, 0.4) is 0 Å². The minimum Gasteiger partial charge on any atom is -0.486 e. The topological polar surface area (TPSA) is 67.9 Å². The number of carbonyl (C=O) groups is 2. The molecule has 2 aliphatic heterocycles. The van der Waals surface area contributed by atoms with E-state index in [1.807, 2.05) is 42.5 Å². The lowest BCUT2D eigenvalue weighted by Gasteiger charge is -2.26. The van der Waals surface area contributed by atoms with Gasteiger partial charge in [0.05, 0.1) is 6.54 Å². The molecule has 6 heteroatoms. The predicted octanol–water partition coefficient (Wildman–Crippen LogP) is 2.46. The number of amides is 2. The van der Waals surface area contributed by atoms with Crippen LogP contribution in [0.5, 0.6) is 11.5 Å². The number of hydrogen-bond acceptors (Lipinski definition) is 4. The molecule has 2 aromatic carbocycles. The number of nitrogens with one attached hydrogen (secondary N) is 1. The third-order valence-electron chi connectivity index (χ3n) is 4.70. The summed E-state index contributed by atoms with van der Waals surface area (Å²) in [7, 11) is 0. The first-order valence-corrected chi connectivity index (χ1v) is 8.89. The average Bonchev–Trinajstić information content (AvgIpc) is 2.95. The number of fused-ring (bicyclic) bond motifs is 2. The maximum absolute atomic E-state index is 12.4. The molecule has 0 spiro atoms. The summed E-state index contributed by atoms with van der Waals surface area (Å²) in [6.07, 6.45) is -0.0420. The normalized spacial score (nSPS) is 17.6. The summed E-state index contributed by atoms with van der Waals surface area (Å²) in [6, 6.07) is 14.8. The highest BCUT2D eigenvalue weighted by molar-refractivity contribution is 6.08. The summed E-state index contributed by atoms with van der Waals surface area (Å²) >= 11 is 0. The maximum Gasteiger partial charge on any atom is 0.258 e. The Hall–Kier alpha value is -3.28. The number of nitrogens with zero attached hydrogens (tertiary/aromatic N) is 1. The lowest BCUT2D eigenvalue weighted by Crippen LogP contribution is -2.41. The summed E-state index contributed by atoms with van der Waals surface area (Å²) in [5, 5.41) is 2.85. The Labute approximate surface area is 157 Å². The highest BCUT2D eigenvalue weighted by atomic mass is 16.6. The van der Waals surface area contributed by atoms with Crippen molar-refractivity contribution in [3.05, 3.63) is 66.2 Å². The first kappa shape index (κ1) is 17.1. The standard InChI is InChI=1S/C21H20N2O4/c1-14-16-6-2-3-7-17(16)21(25)23(14)11-10-20(24)22-12-15-13-26-18-8-4-5-9-19(18)27-15/h2-9,15H,1,10-13H2,(H,22,24). The van der Waals surface area contributed by atoms with E-state index >= 15 is 0 Å². The van der Waals surface area contributed by atoms with Crippen LogP contribution >= 0.6 is 0 Å². The fraction of sp³-hybridized carbons (Fsp3) is 0.238. The van der Waals surface area contributed by atoms with Gasteiger partial charge in [0, 0.05) is 29.8 Å². The summed E-state index contributed by atoms with van der Waals surface area (Å²) < 4.78 is 11.5. The fourth-order valence-electron chi connectivity index (χ4n) is 3.26. The second-order valence-corrected chi connectivity index (χ2v) is 6.50. The lowest BCUT2D eigenvalue weighted by atomic mass is 10.1. The van der Waals surface area contributed by atoms with Gasteiger partial charge in [-0.1, -0.05) is 36.9 Å². The predicted molar refractivity (Wildman–Crippen MR) is 100 cm³/mol. The van der Waals surface area contributed by atoms with Crippen LogP contribution in [0.1, 0.15) is 22.3 Å². The van der Waals surface area contributed by atoms with Gasteiger partial charge in [0.25, 0.3) is 5.91 Å². The van der Waals surface area contributed by atoms with Gasteiger partial charge < -0.3 is 19.7 Å². The minimum atomic E-state index is -0.239. The summed E-state index contributed by atoms with van der Waals surface area (Å²) in [5.41, 5.74) is 2.10. The second-order valence-electron chi connectivity index (χ2n) is 6.50. The van der Waals surface area contributed by atoms with Crippen LogP contribution in [0.15, 0.2) is 55.1 Å². The molecule has 0 saturated heterocycles. The van der Waals surface area contributed by atoms with Crippen molar-refractivity contribution < 1.29 is 19.1 Å². The van der Waals surface area contributed by atoms with E-state index in [9.17, 15) is 9.59 Å².